The minimum Gasteiger partial charge on any atom is -0.107 e. The molecule has 330 valence electrons. The molecule has 12 aromatic heterocycles. The van der Waals surface area contributed by atoms with Crippen LogP contribution in [0.5, 0.6) is 0 Å². The Morgan fingerprint density at radius 2 is 0.262 bits per heavy atom. The van der Waals surface area contributed by atoms with E-state index in [1.807, 2.05) is 136 Å². The maximum absolute atomic E-state index is 2.28. The Kier molecular flexibility index (Phi) is 20.6. The van der Waals surface area contributed by atoms with E-state index in [4.69, 9.17) is 0 Å². The normalized spacial score (nSPS) is 10.9. The Morgan fingerprint density at radius 3 is 0.323 bits per heavy atom. The molecule has 0 aliphatic rings. The zero-order chi connectivity index (χ0) is 43.2. The first-order chi connectivity index (χ1) is 31.8. The molecule has 0 bridgehead atoms. The van der Waals surface area contributed by atoms with E-state index in [0.717, 1.165) is 0 Å². The molecule has 12 aromatic rings. The van der Waals surface area contributed by atoms with Crippen molar-refractivity contribution in [2.45, 2.75) is 0 Å². The smallest absolute Gasteiger partial charge is 0.107 e. The predicted octanol–water partition coefficient (Wildman–Crippen LogP) is 13.4. The average molecular weight is 1230 g/mol. The van der Waals surface area contributed by atoms with Gasteiger partial charge in [-0.3, -0.25) is 0 Å². The molecule has 0 aliphatic carbocycles. The van der Waals surface area contributed by atoms with Crippen LogP contribution in [0, 0.1) is 0 Å². The van der Waals surface area contributed by atoms with Gasteiger partial charge in [0, 0.05) is 20.4 Å². The average Bonchev–Trinajstić information content (AvgIpc) is 4.17. The zero-order valence-corrected chi connectivity index (χ0v) is 49.4. The fourth-order valence-corrected chi connectivity index (χ4v) is 36.5. The monoisotopic (exact) mass is 1230 g/mol. The molecule has 17 heteroatoms. The Bertz CT molecular complexity index is 2180. The van der Waals surface area contributed by atoms with Crippen LogP contribution in [-0.4, -0.2) is 0 Å². The van der Waals surface area contributed by atoms with Gasteiger partial charge in [-0.1, -0.05) is 0 Å². The molecule has 0 N–H and O–H groups in total. The van der Waals surface area contributed by atoms with Crippen molar-refractivity contribution in [1.82, 2.24) is 0 Å². The Morgan fingerprint density at radius 1 is 0.169 bits per heavy atom. The summed E-state index contributed by atoms with van der Waals surface area (Å²) in [5, 5.41) is 26.2. The summed E-state index contributed by atoms with van der Waals surface area (Å²) < 4.78 is 18.4. The topological polar surface area (TPSA) is 0 Å². The van der Waals surface area contributed by atoms with Gasteiger partial charge in [0.15, 0.2) is 55.4 Å². The third-order valence-corrected chi connectivity index (χ3v) is 36.9. The van der Waals surface area contributed by atoms with Gasteiger partial charge in [0.1, 0.15) is 31.7 Å². The van der Waals surface area contributed by atoms with E-state index in [1.165, 1.54) is 55.4 Å². The first-order valence-corrected chi connectivity index (χ1v) is 36.3. The summed E-state index contributed by atoms with van der Waals surface area (Å²) in [4.78, 5) is 0. The van der Waals surface area contributed by atoms with Gasteiger partial charge in [0.25, 0.3) is 0 Å². The van der Waals surface area contributed by atoms with E-state index in [9.17, 15) is 0 Å². The van der Waals surface area contributed by atoms with Gasteiger partial charge in [-0.15, -0.1) is 136 Å². The molecule has 0 radical (unpaired) electrons. The van der Waals surface area contributed by atoms with Crippen molar-refractivity contribution < 1.29 is 20.4 Å². The molecule has 0 atom stereocenters. The molecule has 0 fully saturated rings. The van der Waals surface area contributed by atoms with Crippen molar-refractivity contribution in [2.24, 2.45) is 0 Å². The van der Waals surface area contributed by atoms with E-state index < -0.39 is 31.7 Å². The molecule has 0 amide bonds. The van der Waals surface area contributed by atoms with Crippen LogP contribution in [0.15, 0.2) is 210 Å². The van der Waals surface area contributed by atoms with Crippen LogP contribution in [0.2, 0.25) is 0 Å². The quantitative estimate of drug-likeness (QED) is 0.0845. The Balaban J connectivity index is 0.000000118. The van der Waals surface area contributed by atoms with Gasteiger partial charge >= 0.3 is 0 Å². The Hall–Kier alpha value is -1.22. The van der Waals surface area contributed by atoms with Crippen LogP contribution in [0.4, 0.5) is 0 Å². The SMILES string of the molecule is [Pd].c1csc([PH+](c2cccs2)c2cccs2)c1.c1csc([PH+](c2cccs2)c2cccs2)c1.c1csc([PH+](c2cccs2)c2cccs2)c1.c1csc([PH+](c2cccs2)c2cccs2)c1. The molecule has 0 aliphatic heterocycles. The van der Waals surface area contributed by atoms with Crippen molar-refractivity contribution in [2.75, 3.05) is 0 Å². The molecule has 0 aromatic carbocycles. The standard InChI is InChI=1S/4C12H9PS3.Pd/c4*1-4-10(14-7-1)13(11-5-2-8-15-11)12-6-3-9-16-12;/h4*1-9H;/p+4. The Labute approximate surface area is 448 Å². The molecule has 0 unspecified atom stereocenters. The molecule has 0 saturated heterocycles. The van der Waals surface area contributed by atoms with Gasteiger partial charge in [0.2, 0.25) is 0 Å². The van der Waals surface area contributed by atoms with E-state index in [2.05, 4.69) is 210 Å². The minimum atomic E-state index is -0.693. The molecular weight excluding hydrogens is 1190 g/mol. The molecule has 0 saturated carbocycles. The third-order valence-electron chi connectivity index (χ3n) is 9.21. The van der Waals surface area contributed by atoms with Gasteiger partial charge in [-0.2, -0.15) is 0 Å². The predicted molar refractivity (Wildman–Crippen MR) is 321 cm³/mol. The second kappa shape index (κ2) is 26.7. The van der Waals surface area contributed by atoms with Crippen LogP contribution < -0.4 is 55.4 Å². The summed E-state index contributed by atoms with van der Waals surface area (Å²) in [5.41, 5.74) is 0. The van der Waals surface area contributed by atoms with E-state index in [0.29, 0.717) is 0 Å². The van der Waals surface area contributed by atoms with E-state index in [1.54, 1.807) is 0 Å². The first-order valence-electron chi connectivity index (χ1n) is 19.7. The van der Waals surface area contributed by atoms with Gasteiger partial charge in [-0.25, -0.2) is 0 Å². The number of hydrogen-bond acceptors (Lipinski definition) is 12. The van der Waals surface area contributed by atoms with Crippen molar-refractivity contribution in [1.29, 1.82) is 0 Å². The molecular formula is C48H40P4PdS12+4. The van der Waals surface area contributed by atoms with Crippen LogP contribution in [0.25, 0.3) is 0 Å². The van der Waals surface area contributed by atoms with Crippen LogP contribution in [0.3, 0.4) is 0 Å². The second-order valence-electron chi connectivity index (χ2n) is 13.2. The summed E-state index contributed by atoms with van der Waals surface area (Å²) in [6, 6.07) is 53.2. The fraction of sp³-hybridized carbons (Fsp3) is 0. The molecule has 65 heavy (non-hydrogen) atoms. The molecule has 0 spiro atoms. The van der Waals surface area contributed by atoms with Crippen LogP contribution in [0.1, 0.15) is 0 Å². The molecule has 0 nitrogen and oxygen atoms in total. The van der Waals surface area contributed by atoms with Crippen LogP contribution in [-0.2, 0) is 20.4 Å². The largest absolute Gasteiger partial charge is 0.156 e. The number of hydrogen-bond donors (Lipinski definition) is 0. The van der Waals surface area contributed by atoms with Gasteiger partial charge < -0.3 is 0 Å². The van der Waals surface area contributed by atoms with Crippen LogP contribution >= 0.6 is 168 Å². The van der Waals surface area contributed by atoms with E-state index >= 15 is 0 Å². The van der Waals surface area contributed by atoms with Gasteiger partial charge in [0.05, 0.1) is 0 Å². The van der Waals surface area contributed by atoms with E-state index in [-0.39, 0.29) is 20.4 Å². The number of thiophene rings is 12. The molecule has 12 rings (SSSR count). The minimum absolute atomic E-state index is 0. The third kappa shape index (κ3) is 13.6. The van der Waals surface area contributed by atoms with Crippen molar-refractivity contribution in [3.63, 3.8) is 0 Å². The van der Waals surface area contributed by atoms with Crippen molar-refractivity contribution in [3.05, 3.63) is 210 Å². The summed E-state index contributed by atoms with van der Waals surface area (Å²) in [7, 11) is -2.77. The summed E-state index contributed by atoms with van der Waals surface area (Å²) in [5.74, 6) is 0. The van der Waals surface area contributed by atoms with Gasteiger partial charge in [-0.05, 0) is 210 Å². The summed E-state index contributed by atoms with van der Waals surface area (Å²) in [6.07, 6.45) is 0. The molecule has 12 heterocycles. The fourth-order valence-electron chi connectivity index (χ4n) is 6.51. The van der Waals surface area contributed by atoms with Crippen molar-refractivity contribution >= 4 is 223 Å². The summed E-state index contributed by atoms with van der Waals surface area (Å²) >= 11 is 22.6. The van der Waals surface area contributed by atoms with Crippen molar-refractivity contribution in [3.8, 4) is 0 Å². The summed E-state index contributed by atoms with van der Waals surface area (Å²) in [6.45, 7) is 0. The first kappa shape index (κ1) is 50.2. The maximum Gasteiger partial charge on any atom is 0.156 e. The second-order valence-corrected chi connectivity index (χ2v) is 38.4. The number of rotatable bonds is 12. The maximum atomic E-state index is 2.28. The zero-order valence-electron chi connectivity index (χ0n) is 34.0.